The molecule has 2 aromatic carbocycles. The first-order chi connectivity index (χ1) is 14.4. The van der Waals surface area contributed by atoms with Crippen LogP contribution in [0.1, 0.15) is 38.3 Å². The Kier molecular flexibility index (Phi) is 8.71. The lowest BCUT2D eigenvalue weighted by Crippen LogP contribution is -2.50. The Bertz CT molecular complexity index is 853. The van der Waals surface area contributed by atoms with Crippen molar-refractivity contribution in [1.82, 2.24) is 10.2 Å². The Balaban J connectivity index is 2.19. The van der Waals surface area contributed by atoms with Gasteiger partial charge >= 0.3 is 0 Å². The Morgan fingerprint density at radius 3 is 2.30 bits per heavy atom. The maximum absolute atomic E-state index is 13.1. The normalized spacial score (nSPS) is 12.6. The first-order valence-electron chi connectivity index (χ1n) is 10.3. The monoisotopic (exact) mass is 412 g/mol. The molecule has 6 nitrogen and oxygen atoms in total. The highest BCUT2D eigenvalue weighted by Gasteiger charge is 2.27. The lowest BCUT2D eigenvalue weighted by Gasteiger charge is -2.30. The number of hydrogen-bond donors (Lipinski definition) is 1. The van der Waals surface area contributed by atoms with Crippen LogP contribution in [0.25, 0.3) is 0 Å². The van der Waals surface area contributed by atoms with Crippen LogP contribution in [0.4, 0.5) is 0 Å². The lowest BCUT2D eigenvalue weighted by atomic mass is 10.1. The molecule has 0 fully saturated rings. The summed E-state index contributed by atoms with van der Waals surface area (Å²) < 4.78 is 11.0. The Morgan fingerprint density at radius 2 is 1.67 bits per heavy atom. The summed E-state index contributed by atoms with van der Waals surface area (Å²) in [5.74, 6) is 0.596. The van der Waals surface area contributed by atoms with Crippen LogP contribution in [-0.2, 0) is 16.1 Å². The highest BCUT2D eigenvalue weighted by atomic mass is 16.5. The zero-order valence-corrected chi connectivity index (χ0v) is 18.5. The van der Waals surface area contributed by atoms with E-state index < -0.39 is 6.04 Å². The first-order valence-corrected chi connectivity index (χ1v) is 10.3. The van der Waals surface area contributed by atoms with Gasteiger partial charge in [0.15, 0.2) is 18.1 Å². The average molecular weight is 413 g/mol. The van der Waals surface area contributed by atoms with Crippen molar-refractivity contribution in [2.24, 2.45) is 0 Å². The fourth-order valence-corrected chi connectivity index (χ4v) is 2.98. The van der Waals surface area contributed by atoms with E-state index in [1.165, 1.54) is 0 Å². The summed E-state index contributed by atoms with van der Waals surface area (Å²) in [4.78, 5) is 27.4. The summed E-state index contributed by atoms with van der Waals surface area (Å²) in [6, 6.07) is 14.4. The molecule has 0 heterocycles. The molecule has 162 valence electrons. The summed E-state index contributed by atoms with van der Waals surface area (Å²) in [5.41, 5.74) is 2.06. The van der Waals surface area contributed by atoms with Gasteiger partial charge in [-0.3, -0.25) is 9.59 Å². The third kappa shape index (κ3) is 6.24. The van der Waals surface area contributed by atoms with Crippen LogP contribution in [0.3, 0.4) is 0 Å². The number of methoxy groups -OCH3 is 1. The lowest BCUT2D eigenvalue weighted by molar-refractivity contribution is -0.142. The fourth-order valence-electron chi connectivity index (χ4n) is 2.98. The predicted molar refractivity (Wildman–Crippen MR) is 118 cm³/mol. The van der Waals surface area contributed by atoms with E-state index in [0.717, 1.165) is 17.5 Å². The minimum Gasteiger partial charge on any atom is -0.493 e. The van der Waals surface area contributed by atoms with Gasteiger partial charge in [-0.25, -0.2) is 0 Å². The van der Waals surface area contributed by atoms with E-state index in [2.05, 4.69) is 5.32 Å². The summed E-state index contributed by atoms with van der Waals surface area (Å²) in [6.45, 7) is 7.84. The van der Waals surface area contributed by atoms with Gasteiger partial charge in [0, 0.05) is 12.6 Å². The number of nitrogens with one attached hydrogen (secondary N) is 1. The van der Waals surface area contributed by atoms with E-state index in [-0.39, 0.29) is 24.5 Å². The molecule has 0 radical (unpaired) electrons. The minimum atomic E-state index is -0.632. The molecule has 2 amide bonds. The van der Waals surface area contributed by atoms with Crippen LogP contribution in [0, 0.1) is 6.92 Å². The average Bonchev–Trinajstić information content (AvgIpc) is 2.76. The van der Waals surface area contributed by atoms with Gasteiger partial charge in [-0.15, -0.1) is 0 Å². The molecule has 2 atom stereocenters. The van der Waals surface area contributed by atoms with Gasteiger partial charge in [-0.05, 0) is 50.5 Å². The van der Waals surface area contributed by atoms with E-state index in [1.807, 2.05) is 57.2 Å². The smallest absolute Gasteiger partial charge is 0.261 e. The summed E-state index contributed by atoms with van der Waals surface area (Å²) in [7, 11) is 1.55. The van der Waals surface area contributed by atoms with Gasteiger partial charge < -0.3 is 19.7 Å². The number of ether oxygens (including phenoxy) is 2. The van der Waals surface area contributed by atoms with E-state index in [0.29, 0.717) is 18.0 Å². The van der Waals surface area contributed by atoms with E-state index in [4.69, 9.17) is 9.47 Å². The van der Waals surface area contributed by atoms with Crippen molar-refractivity contribution in [3.05, 3.63) is 59.7 Å². The van der Waals surface area contributed by atoms with Crippen LogP contribution < -0.4 is 14.8 Å². The molecule has 0 spiro atoms. The number of rotatable bonds is 10. The molecular formula is C24H32N2O4. The van der Waals surface area contributed by atoms with E-state index >= 15 is 0 Å². The summed E-state index contributed by atoms with van der Waals surface area (Å²) in [5, 5.41) is 2.96. The van der Waals surface area contributed by atoms with Gasteiger partial charge in [0.2, 0.25) is 5.91 Å². The van der Waals surface area contributed by atoms with Crippen LogP contribution in [0.5, 0.6) is 11.5 Å². The molecule has 6 heteroatoms. The fraction of sp³-hybridized carbons (Fsp3) is 0.417. The van der Waals surface area contributed by atoms with Crippen molar-refractivity contribution < 1.29 is 19.1 Å². The molecule has 0 bridgehead atoms. The Morgan fingerprint density at radius 1 is 1.03 bits per heavy atom. The Labute approximate surface area is 179 Å². The van der Waals surface area contributed by atoms with Crippen LogP contribution in [-0.4, -0.2) is 42.5 Å². The quantitative estimate of drug-likeness (QED) is 0.646. The van der Waals surface area contributed by atoms with Gasteiger partial charge in [0.05, 0.1) is 7.11 Å². The van der Waals surface area contributed by atoms with E-state index in [1.54, 1.807) is 31.1 Å². The topological polar surface area (TPSA) is 67.9 Å². The standard InChI is InChI=1S/C24H32N2O4/c1-6-18(3)25-24(28)19(4)26(15-20-12-8-7-11-17(20)2)23(27)16-30-22-14-10-9-13-21(22)29-5/h7-14,18-19H,6,15-16H2,1-5H3,(H,25,28). The zero-order valence-electron chi connectivity index (χ0n) is 18.5. The zero-order chi connectivity index (χ0) is 22.1. The van der Waals surface area contributed by atoms with Crippen molar-refractivity contribution in [3.8, 4) is 11.5 Å². The number of carbonyl (C=O) groups is 2. The highest BCUT2D eigenvalue weighted by Crippen LogP contribution is 2.26. The third-order valence-corrected chi connectivity index (χ3v) is 5.19. The largest absolute Gasteiger partial charge is 0.493 e. The Hall–Kier alpha value is -3.02. The molecule has 0 aliphatic rings. The molecule has 2 rings (SSSR count). The number of benzene rings is 2. The number of carbonyl (C=O) groups excluding carboxylic acids is 2. The highest BCUT2D eigenvalue weighted by molar-refractivity contribution is 5.88. The van der Waals surface area contributed by atoms with E-state index in [9.17, 15) is 9.59 Å². The molecule has 0 aliphatic heterocycles. The minimum absolute atomic E-state index is 0.0418. The van der Waals surface area contributed by atoms with Crippen LogP contribution >= 0.6 is 0 Å². The van der Waals surface area contributed by atoms with Gasteiger partial charge in [0.1, 0.15) is 6.04 Å². The van der Waals surface area contributed by atoms with Crippen molar-refractivity contribution in [2.45, 2.75) is 52.7 Å². The van der Waals surface area contributed by atoms with Crippen molar-refractivity contribution in [2.75, 3.05) is 13.7 Å². The summed E-state index contributed by atoms with van der Waals surface area (Å²) in [6.07, 6.45) is 0.821. The third-order valence-electron chi connectivity index (χ3n) is 5.19. The van der Waals surface area contributed by atoms with Gasteiger partial charge in [0.25, 0.3) is 5.91 Å². The maximum Gasteiger partial charge on any atom is 0.261 e. The van der Waals surface area contributed by atoms with Crippen LogP contribution in [0.15, 0.2) is 48.5 Å². The summed E-state index contributed by atoms with van der Waals surface area (Å²) >= 11 is 0. The molecule has 0 saturated carbocycles. The second-order valence-corrected chi connectivity index (χ2v) is 7.38. The molecule has 2 unspecified atom stereocenters. The predicted octanol–water partition coefficient (Wildman–Crippen LogP) is 3.71. The number of hydrogen-bond acceptors (Lipinski definition) is 4. The molecular weight excluding hydrogens is 380 g/mol. The molecule has 0 aromatic heterocycles. The SMILES string of the molecule is CCC(C)NC(=O)C(C)N(Cc1ccccc1C)C(=O)COc1ccccc1OC. The number of aryl methyl sites for hydroxylation is 1. The molecule has 0 saturated heterocycles. The van der Waals surface area contributed by atoms with Gasteiger partial charge in [-0.1, -0.05) is 43.3 Å². The van der Waals surface area contributed by atoms with Crippen molar-refractivity contribution in [3.63, 3.8) is 0 Å². The maximum atomic E-state index is 13.1. The molecule has 2 aromatic rings. The number of para-hydroxylation sites is 2. The second-order valence-electron chi connectivity index (χ2n) is 7.38. The van der Waals surface area contributed by atoms with Crippen molar-refractivity contribution in [1.29, 1.82) is 0 Å². The molecule has 1 N–H and O–H groups in total. The molecule has 0 aliphatic carbocycles. The number of nitrogens with zero attached hydrogens (tertiary/aromatic N) is 1. The first kappa shape index (κ1) is 23.3. The number of amides is 2. The van der Waals surface area contributed by atoms with Crippen molar-refractivity contribution >= 4 is 11.8 Å². The second kappa shape index (κ2) is 11.2. The van der Waals surface area contributed by atoms with Gasteiger partial charge in [-0.2, -0.15) is 0 Å². The van der Waals surface area contributed by atoms with Crippen LogP contribution in [0.2, 0.25) is 0 Å². The molecule has 30 heavy (non-hydrogen) atoms.